The van der Waals surface area contributed by atoms with Gasteiger partial charge in [0.25, 0.3) is 0 Å². The van der Waals surface area contributed by atoms with Crippen LogP contribution in [-0.2, 0) is 13.1 Å². The maximum Gasteiger partial charge on any atom is 0.422 e. The number of aliphatic imine (C=N–C) groups is 1. The van der Waals surface area contributed by atoms with E-state index in [1.165, 1.54) is 11.6 Å². The lowest BCUT2D eigenvalue weighted by Gasteiger charge is -2.13. The Hall–Kier alpha value is -1.97. The van der Waals surface area contributed by atoms with Crippen molar-refractivity contribution < 1.29 is 17.9 Å². The number of alkyl halides is 3. The molecule has 0 amide bonds. The predicted octanol–water partition coefficient (Wildman–Crippen LogP) is 4.42. The van der Waals surface area contributed by atoms with E-state index in [2.05, 4.69) is 15.6 Å². The average molecular weight is 493 g/mol. The van der Waals surface area contributed by atoms with Crippen molar-refractivity contribution in [1.29, 1.82) is 0 Å². The van der Waals surface area contributed by atoms with Crippen molar-refractivity contribution in [2.75, 3.05) is 13.7 Å². The number of hydrogen-bond acceptors (Lipinski definition) is 2. The van der Waals surface area contributed by atoms with Crippen molar-refractivity contribution in [1.82, 2.24) is 10.6 Å². The summed E-state index contributed by atoms with van der Waals surface area (Å²) in [4.78, 5) is 4.14. The Labute approximate surface area is 174 Å². The highest BCUT2D eigenvalue weighted by molar-refractivity contribution is 14.0. The van der Waals surface area contributed by atoms with E-state index >= 15 is 0 Å². The number of hydrogen-bond donors (Lipinski definition) is 2. The first-order valence-corrected chi connectivity index (χ1v) is 8.14. The van der Waals surface area contributed by atoms with Gasteiger partial charge in [0.1, 0.15) is 5.75 Å². The number of guanidine groups is 1. The Morgan fingerprint density at radius 1 is 1.00 bits per heavy atom. The van der Waals surface area contributed by atoms with Gasteiger partial charge in [-0.3, -0.25) is 4.99 Å². The van der Waals surface area contributed by atoms with Crippen LogP contribution in [0.25, 0.3) is 0 Å². The van der Waals surface area contributed by atoms with Gasteiger partial charge in [-0.05, 0) is 30.2 Å². The molecule has 2 aromatic rings. The topological polar surface area (TPSA) is 45.7 Å². The summed E-state index contributed by atoms with van der Waals surface area (Å²) in [6.07, 6.45) is -4.35. The fourth-order valence-corrected chi connectivity index (χ4v) is 2.21. The third-order valence-corrected chi connectivity index (χ3v) is 3.57. The summed E-state index contributed by atoms with van der Waals surface area (Å²) >= 11 is 0. The molecule has 2 aromatic carbocycles. The molecule has 0 atom stereocenters. The van der Waals surface area contributed by atoms with E-state index < -0.39 is 12.8 Å². The fraction of sp³-hybridized carbons (Fsp3) is 0.316. The maximum atomic E-state index is 12.2. The van der Waals surface area contributed by atoms with Gasteiger partial charge >= 0.3 is 6.18 Å². The number of nitrogens with one attached hydrogen (secondary N) is 2. The van der Waals surface area contributed by atoms with Crippen LogP contribution in [0.1, 0.15) is 16.7 Å². The van der Waals surface area contributed by atoms with Gasteiger partial charge in [-0.1, -0.05) is 42.0 Å². The van der Waals surface area contributed by atoms with Crippen LogP contribution < -0.4 is 15.4 Å². The van der Waals surface area contributed by atoms with Gasteiger partial charge < -0.3 is 15.4 Å². The van der Waals surface area contributed by atoms with Crippen LogP contribution >= 0.6 is 24.0 Å². The molecule has 8 heteroatoms. The number of halogens is 4. The molecule has 0 spiro atoms. The number of nitrogens with zero attached hydrogens (tertiary/aromatic N) is 1. The minimum atomic E-state index is -4.35. The molecule has 0 fully saturated rings. The van der Waals surface area contributed by atoms with Crippen LogP contribution in [-0.4, -0.2) is 25.8 Å². The van der Waals surface area contributed by atoms with Crippen molar-refractivity contribution in [2.45, 2.75) is 26.2 Å². The zero-order valence-corrected chi connectivity index (χ0v) is 17.5. The van der Waals surface area contributed by atoms with E-state index in [1.807, 2.05) is 31.2 Å². The van der Waals surface area contributed by atoms with Crippen molar-refractivity contribution >= 4 is 29.9 Å². The van der Waals surface area contributed by atoms with Gasteiger partial charge in [-0.25, -0.2) is 0 Å². The molecule has 2 N–H and O–H groups in total. The lowest BCUT2D eigenvalue weighted by Crippen LogP contribution is -2.36. The molecule has 0 unspecified atom stereocenters. The summed E-state index contributed by atoms with van der Waals surface area (Å²) in [5, 5.41) is 6.32. The molecule has 27 heavy (non-hydrogen) atoms. The molecule has 0 radical (unpaired) electrons. The van der Waals surface area contributed by atoms with E-state index in [9.17, 15) is 13.2 Å². The average Bonchev–Trinajstić information content (AvgIpc) is 2.61. The molecule has 0 saturated heterocycles. The van der Waals surface area contributed by atoms with Gasteiger partial charge in [-0.15, -0.1) is 24.0 Å². The van der Waals surface area contributed by atoms with Gasteiger partial charge in [0.2, 0.25) is 0 Å². The largest absolute Gasteiger partial charge is 0.484 e. The van der Waals surface area contributed by atoms with Crippen molar-refractivity contribution in [3.05, 3.63) is 65.2 Å². The van der Waals surface area contributed by atoms with E-state index in [1.54, 1.807) is 25.2 Å². The molecule has 0 aromatic heterocycles. The SMILES string of the molecule is CN=C(NCc1ccc(C)cc1)NCc1cccc(OCC(F)(F)F)c1.I. The third-order valence-electron chi connectivity index (χ3n) is 3.57. The Morgan fingerprint density at radius 2 is 1.63 bits per heavy atom. The molecule has 0 aliphatic heterocycles. The second kappa shape index (κ2) is 11.0. The first-order chi connectivity index (χ1) is 12.4. The van der Waals surface area contributed by atoms with Gasteiger partial charge in [0.05, 0.1) is 0 Å². The molecule has 0 bridgehead atoms. The van der Waals surface area contributed by atoms with Gasteiger partial charge in [0.15, 0.2) is 12.6 Å². The second-order valence-corrected chi connectivity index (χ2v) is 5.82. The van der Waals surface area contributed by atoms with Gasteiger partial charge in [-0.2, -0.15) is 13.2 Å². The summed E-state index contributed by atoms with van der Waals surface area (Å²) in [5.74, 6) is 0.788. The molecular weight excluding hydrogens is 470 g/mol. The minimum absolute atomic E-state index is 0. The van der Waals surface area contributed by atoms with Crippen molar-refractivity contribution in [3.8, 4) is 5.75 Å². The molecule has 0 saturated carbocycles. The number of rotatable bonds is 6. The highest BCUT2D eigenvalue weighted by Crippen LogP contribution is 2.19. The van der Waals surface area contributed by atoms with E-state index in [4.69, 9.17) is 4.74 Å². The van der Waals surface area contributed by atoms with Gasteiger partial charge in [0, 0.05) is 20.1 Å². The standard InChI is InChI=1S/C19H22F3N3O.HI/c1-14-6-8-15(9-7-14)11-24-18(23-2)25-12-16-4-3-5-17(10-16)26-13-19(20,21)22;/h3-10H,11-13H2,1-2H3,(H2,23,24,25);1H. The van der Waals surface area contributed by atoms with E-state index in [-0.39, 0.29) is 29.7 Å². The monoisotopic (exact) mass is 493 g/mol. The summed E-state index contributed by atoms with van der Waals surface area (Å²) in [7, 11) is 1.66. The van der Waals surface area contributed by atoms with Crippen LogP contribution in [0.4, 0.5) is 13.2 Å². The summed E-state index contributed by atoms with van der Waals surface area (Å²) < 4.78 is 41.4. The van der Waals surface area contributed by atoms with Crippen molar-refractivity contribution in [2.24, 2.45) is 4.99 Å². The Morgan fingerprint density at radius 3 is 2.22 bits per heavy atom. The van der Waals surface area contributed by atoms with Crippen LogP contribution in [0.2, 0.25) is 0 Å². The Bertz CT molecular complexity index is 734. The smallest absolute Gasteiger partial charge is 0.422 e. The Kier molecular flexibility index (Phi) is 9.40. The lowest BCUT2D eigenvalue weighted by molar-refractivity contribution is -0.153. The van der Waals surface area contributed by atoms with Crippen LogP contribution in [0.5, 0.6) is 5.75 Å². The number of aryl methyl sites for hydroxylation is 1. The highest BCUT2D eigenvalue weighted by atomic mass is 127. The highest BCUT2D eigenvalue weighted by Gasteiger charge is 2.28. The zero-order chi connectivity index (χ0) is 19.0. The van der Waals surface area contributed by atoms with E-state index in [0.717, 1.165) is 11.1 Å². The number of benzene rings is 2. The van der Waals surface area contributed by atoms with E-state index in [0.29, 0.717) is 19.0 Å². The molecule has 148 valence electrons. The summed E-state index contributed by atoms with van der Waals surface area (Å²) in [6.45, 7) is 1.76. The third kappa shape index (κ3) is 8.98. The molecule has 0 heterocycles. The minimum Gasteiger partial charge on any atom is -0.484 e. The molecular formula is C19H23F3IN3O. The second-order valence-electron chi connectivity index (χ2n) is 5.82. The normalized spacial score (nSPS) is 11.5. The quantitative estimate of drug-likeness (QED) is 0.356. The maximum absolute atomic E-state index is 12.2. The zero-order valence-electron chi connectivity index (χ0n) is 15.1. The lowest BCUT2D eigenvalue weighted by atomic mass is 10.1. The summed E-state index contributed by atoms with van der Waals surface area (Å²) in [6, 6.07) is 14.7. The first-order valence-electron chi connectivity index (χ1n) is 8.14. The molecule has 0 aliphatic carbocycles. The first kappa shape index (κ1) is 23.1. The fourth-order valence-electron chi connectivity index (χ4n) is 2.21. The molecule has 4 nitrogen and oxygen atoms in total. The van der Waals surface area contributed by atoms with Crippen molar-refractivity contribution in [3.63, 3.8) is 0 Å². The van der Waals surface area contributed by atoms with Crippen LogP contribution in [0.3, 0.4) is 0 Å². The predicted molar refractivity (Wildman–Crippen MR) is 112 cm³/mol. The number of ether oxygens (including phenoxy) is 1. The molecule has 0 aliphatic rings. The van der Waals surface area contributed by atoms with Crippen LogP contribution in [0, 0.1) is 6.92 Å². The summed E-state index contributed by atoms with van der Waals surface area (Å²) in [5.41, 5.74) is 3.12. The van der Waals surface area contributed by atoms with Crippen LogP contribution in [0.15, 0.2) is 53.5 Å². The molecule has 2 rings (SSSR count). The Balaban J connectivity index is 0.00000364.